The van der Waals surface area contributed by atoms with Gasteiger partial charge in [-0.3, -0.25) is 0 Å². The fourth-order valence-corrected chi connectivity index (χ4v) is 1.95. The van der Waals surface area contributed by atoms with Crippen molar-refractivity contribution in [1.29, 1.82) is 5.26 Å². The Balaban J connectivity index is 2.14. The van der Waals surface area contributed by atoms with Crippen molar-refractivity contribution in [2.24, 2.45) is 0 Å². The highest BCUT2D eigenvalue weighted by atomic mass is 79.9. The normalized spacial score (nSPS) is 11.6. The highest BCUT2D eigenvalue weighted by Gasteiger charge is 2.06. The van der Waals surface area contributed by atoms with E-state index in [1.54, 1.807) is 24.3 Å². The van der Waals surface area contributed by atoms with E-state index in [9.17, 15) is 4.79 Å². The Labute approximate surface area is 126 Å². The number of rotatable bonds is 7. The van der Waals surface area contributed by atoms with Crippen LogP contribution in [0.1, 0.15) is 36.0 Å². The number of nitrogens with zero attached hydrogens (tertiary/aromatic N) is 1. The predicted octanol–water partition coefficient (Wildman–Crippen LogP) is 4.34. The van der Waals surface area contributed by atoms with E-state index in [2.05, 4.69) is 22.0 Å². The Morgan fingerprint density at radius 1 is 1.32 bits per heavy atom. The number of ether oxygens (including phenoxy) is 1. The van der Waals surface area contributed by atoms with E-state index in [4.69, 9.17) is 21.6 Å². The standard InChI is InChI=1S/C14H15BrClNO2/c15-12(10-17)4-2-1-3-9-19-14(18)11-5-7-13(16)8-6-11/h5-8,12H,1-4,9H2. The van der Waals surface area contributed by atoms with Crippen LogP contribution in [0.3, 0.4) is 0 Å². The van der Waals surface area contributed by atoms with Crippen LogP contribution in [0.2, 0.25) is 5.02 Å². The number of alkyl halides is 1. The molecule has 1 atom stereocenters. The third-order valence-electron chi connectivity index (χ3n) is 2.56. The maximum Gasteiger partial charge on any atom is 0.338 e. The molecule has 0 saturated heterocycles. The summed E-state index contributed by atoms with van der Waals surface area (Å²) in [6, 6.07) is 8.74. The zero-order valence-corrected chi connectivity index (χ0v) is 12.8. The molecule has 0 aromatic heterocycles. The number of hydrogen-bond acceptors (Lipinski definition) is 3. The van der Waals surface area contributed by atoms with Gasteiger partial charge in [0.2, 0.25) is 0 Å². The lowest BCUT2D eigenvalue weighted by Crippen LogP contribution is -2.06. The first-order valence-corrected chi connectivity index (χ1v) is 7.39. The molecule has 102 valence electrons. The fraction of sp³-hybridized carbons (Fsp3) is 0.429. The molecule has 0 N–H and O–H groups in total. The molecule has 0 aliphatic heterocycles. The molecule has 0 aliphatic carbocycles. The number of carbonyl (C=O) groups is 1. The van der Waals surface area contributed by atoms with Crippen LogP contribution in [0, 0.1) is 11.3 Å². The van der Waals surface area contributed by atoms with Gasteiger partial charge in [-0.15, -0.1) is 0 Å². The molecule has 0 amide bonds. The van der Waals surface area contributed by atoms with E-state index < -0.39 is 0 Å². The van der Waals surface area contributed by atoms with Crippen molar-refractivity contribution in [1.82, 2.24) is 0 Å². The van der Waals surface area contributed by atoms with E-state index in [1.165, 1.54) is 0 Å². The number of benzene rings is 1. The number of esters is 1. The maximum atomic E-state index is 11.6. The van der Waals surface area contributed by atoms with Crippen molar-refractivity contribution in [3.63, 3.8) is 0 Å². The molecule has 0 bridgehead atoms. The molecule has 0 aliphatic rings. The Morgan fingerprint density at radius 2 is 2.00 bits per heavy atom. The Kier molecular flexibility index (Phi) is 7.54. The lowest BCUT2D eigenvalue weighted by atomic mass is 10.1. The molecule has 0 spiro atoms. The van der Waals surface area contributed by atoms with Crippen LogP contribution >= 0.6 is 27.5 Å². The van der Waals surface area contributed by atoms with Crippen LogP contribution in [-0.2, 0) is 4.74 Å². The summed E-state index contributed by atoms with van der Waals surface area (Å²) in [4.78, 5) is 11.5. The summed E-state index contributed by atoms with van der Waals surface area (Å²) in [5.41, 5.74) is 0.509. The average molecular weight is 345 g/mol. The van der Waals surface area contributed by atoms with Gasteiger partial charge in [-0.25, -0.2) is 4.79 Å². The highest BCUT2D eigenvalue weighted by molar-refractivity contribution is 9.09. The topological polar surface area (TPSA) is 50.1 Å². The van der Waals surface area contributed by atoms with Crippen LogP contribution in [0.25, 0.3) is 0 Å². The zero-order chi connectivity index (χ0) is 14.1. The summed E-state index contributed by atoms with van der Waals surface area (Å²) in [5, 5.41) is 9.18. The summed E-state index contributed by atoms with van der Waals surface area (Å²) in [7, 11) is 0. The van der Waals surface area contributed by atoms with Crippen LogP contribution in [-0.4, -0.2) is 17.4 Å². The third-order valence-corrected chi connectivity index (χ3v) is 3.47. The van der Waals surface area contributed by atoms with Crippen molar-refractivity contribution in [2.45, 2.75) is 30.5 Å². The summed E-state index contributed by atoms with van der Waals surface area (Å²) in [6.45, 7) is 0.404. The fourth-order valence-electron chi connectivity index (χ4n) is 1.50. The highest BCUT2D eigenvalue weighted by Crippen LogP contribution is 2.12. The lowest BCUT2D eigenvalue weighted by Gasteiger charge is -2.05. The third kappa shape index (κ3) is 6.60. The summed E-state index contributed by atoms with van der Waals surface area (Å²) < 4.78 is 5.14. The van der Waals surface area contributed by atoms with Crippen molar-refractivity contribution < 1.29 is 9.53 Å². The van der Waals surface area contributed by atoms with Crippen LogP contribution < -0.4 is 0 Å². The molecule has 1 unspecified atom stereocenters. The molecule has 0 radical (unpaired) electrons. The minimum Gasteiger partial charge on any atom is -0.462 e. The first-order valence-electron chi connectivity index (χ1n) is 6.10. The maximum absolute atomic E-state index is 11.6. The first-order chi connectivity index (χ1) is 9.13. The molecule has 0 heterocycles. The lowest BCUT2D eigenvalue weighted by molar-refractivity contribution is 0.0498. The van der Waals surface area contributed by atoms with Gasteiger partial charge in [0.1, 0.15) is 4.83 Å². The van der Waals surface area contributed by atoms with Crippen molar-refractivity contribution in [2.75, 3.05) is 6.61 Å². The second-order valence-electron chi connectivity index (χ2n) is 4.09. The summed E-state index contributed by atoms with van der Waals surface area (Å²) in [6.07, 6.45) is 3.52. The zero-order valence-electron chi connectivity index (χ0n) is 10.4. The van der Waals surface area contributed by atoms with Crippen molar-refractivity contribution in [3.05, 3.63) is 34.9 Å². The van der Waals surface area contributed by atoms with Gasteiger partial charge in [0.25, 0.3) is 0 Å². The van der Waals surface area contributed by atoms with Gasteiger partial charge in [0.15, 0.2) is 0 Å². The second kappa shape index (κ2) is 8.95. The van der Waals surface area contributed by atoms with Gasteiger partial charge in [0.05, 0.1) is 18.2 Å². The predicted molar refractivity (Wildman–Crippen MR) is 78.5 cm³/mol. The quantitative estimate of drug-likeness (QED) is 0.420. The molecule has 19 heavy (non-hydrogen) atoms. The Morgan fingerprint density at radius 3 is 2.63 bits per heavy atom. The number of unbranched alkanes of at least 4 members (excludes halogenated alkanes) is 2. The van der Waals surface area contributed by atoms with Gasteiger partial charge in [-0.2, -0.15) is 5.26 Å². The largest absolute Gasteiger partial charge is 0.462 e. The SMILES string of the molecule is N#CC(Br)CCCCCOC(=O)c1ccc(Cl)cc1. The van der Waals surface area contributed by atoms with Gasteiger partial charge >= 0.3 is 5.97 Å². The number of hydrogen-bond donors (Lipinski definition) is 0. The van der Waals surface area contributed by atoms with Gasteiger partial charge in [0, 0.05) is 5.02 Å². The van der Waals surface area contributed by atoms with Crippen molar-refractivity contribution >= 4 is 33.5 Å². The molecule has 1 rings (SSSR count). The number of halogens is 2. The molecule has 1 aromatic carbocycles. The number of carbonyl (C=O) groups excluding carboxylic acids is 1. The van der Waals surface area contributed by atoms with Crippen molar-refractivity contribution in [3.8, 4) is 6.07 Å². The smallest absolute Gasteiger partial charge is 0.338 e. The second-order valence-corrected chi connectivity index (χ2v) is 5.63. The molecule has 5 heteroatoms. The molecule has 0 saturated carbocycles. The van der Waals surface area contributed by atoms with Crippen LogP contribution in [0.15, 0.2) is 24.3 Å². The minimum atomic E-state index is -0.327. The van der Waals surface area contributed by atoms with Gasteiger partial charge in [-0.05, 0) is 43.5 Å². The molecular formula is C14H15BrClNO2. The van der Waals surface area contributed by atoms with E-state index in [0.29, 0.717) is 17.2 Å². The minimum absolute atomic E-state index is 0.0795. The van der Waals surface area contributed by atoms with Crippen LogP contribution in [0.4, 0.5) is 0 Å². The van der Waals surface area contributed by atoms with Gasteiger partial charge < -0.3 is 4.74 Å². The Hall–Kier alpha value is -1.05. The molecular weight excluding hydrogens is 330 g/mol. The molecule has 1 aromatic rings. The molecule has 3 nitrogen and oxygen atoms in total. The van der Waals surface area contributed by atoms with E-state index >= 15 is 0 Å². The number of nitriles is 1. The van der Waals surface area contributed by atoms with E-state index in [1.807, 2.05) is 0 Å². The van der Waals surface area contributed by atoms with E-state index in [0.717, 1.165) is 25.7 Å². The first kappa shape index (κ1) is 16.0. The van der Waals surface area contributed by atoms with Crippen LogP contribution in [0.5, 0.6) is 0 Å². The monoisotopic (exact) mass is 343 g/mol. The summed E-state index contributed by atoms with van der Waals surface area (Å²) >= 11 is 8.98. The van der Waals surface area contributed by atoms with E-state index in [-0.39, 0.29) is 10.8 Å². The van der Waals surface area contributed by atoms with Gasteiger partial charge in [-0.1, -0.05) is 34.0 Å². The Bertz CT molecular complexity index is 442. The molecule has 0 fully saturated rings. The average Bonchev–Trinajstić information content (AvgIpc) is 2.42. The summed E-state index contributed by atoms with van der Waals surface area (Å²) in [5.74, 6) is -0.327.